The summed E-state index contributed by atoms with van der Waals surface area (Å²) in [6.07, 6.45) is 1.25. The summed E-state index contributed by atoms with van der Waals surface area (Å²) in [7, 11) is 0. The standard InChI is InChI=1S/C35H29Br2N2O2/c36-31-21-27(35(40)39-20-19-24-15-17-29(18-16-24)41-28-12-5-2-6-13-28)22-32(37)34(31)33(38)23-26-11-7-8-14-30(26)25-9-3-1-4-10-25/h1-18,21-22,33,38H,19-20,23H2,(H,39,40). The van der Waals surface area contributed by atoms with Crippen LogP contribution in [0, 0.1) is 0 Å². The maximum absolute atomic E-state index is 13.0. The van der Waals surface area contributed by atoms with Crippen molar-refractivity contribution in [1.82, 2.24) is 11.1 Å². The molecule has 1 amide bonds. The zero-order chi connectivity index (χ0) is 28.6. The third kappa shape index (κ3) is 7.53. The Morgan fingerprint density at radius 2 is 1.34 bits per heavy atom. The molecular formula is C35H29Br2N2O2. The van der Waals surface area contributed by atoms with Crippen molar-refractivity contribution >= 4 is 37.8 Å². The van der Waals surface area contributed by atoms with Crippen LogP contribution in [-0.4, -0.2) is 12.5 Å². The topological polar surface area (TPSA) is 62.1 Å². The van der Waals surface area contributed by atoms with E-state index < -0.39 is 6.04 Å². The van der Waals surface area contributed by atoms with Crippen molar-refractivity contribution in [2.75, 3.05) is 6.54 Å². The summed E-state index contributed by atoms with van der Waals surface area (Å²) in [5, 5.41) is 3.01. The SMILES string of the molecule is [NH]C(Cc1ccccc1-c1ccccc1)c1c(Br)cc(C(=O)NCCc2ccc(Oc3ccccc3)cc2)cc1Br. The van der Waals surface area contributed by atoms with Gasteiger partial charge in [0.15, 0.2) is 0 Å². The maximum Gasteiger partial charge on any atom is 0.251 e. The van der Waals surface area contributed by atoms with Gasteiger partial charge in [-0.05, 0) is 77.1 Å². The van der Waals surface area contributed by atoms with Gasteiger partial charge in [-0.15, -0.1) is 0 Å². The molecule has 6 heteroatoms. The van der Waals surface area contributed by atoms with Gasteiger partial charge in [-0.1, -0.05) is 117 Å². The van der Waals surface area contributed by atoms with Gasteiger partial charge in [-0.3, -0.25) is 4.79 Å². The number of rotatable bonds is 10. The van der Waals surface area contributed by atoms with Gasteiger partial charge in [0.05, 0.1) is 6.04 Å². The van der Waals surface area contributed by atoms with Crippen LogP contribution < -0.4 is 15.8 Å². The Labute approximate surface area is 257 Å². The normalized spacial score (nSPS) is 11.6. The largest absolute Gasteiger partial charge is 0.457 e. The molecule has 0 saturated heterocycles. The van der Waals surface area contributed by atoms with Gasteiger partial charge < -0.3 is 10.1 Å². The van der Waals surface area contributed by atoms with Crippen molar-refractivity contribution in [1.29, 1.82) is 0 Å². The van der Waals surface area contributed by atoms with E-state index in [0.717, 1.165) is 48.3 Å². The molecule has 0 aliphatic rings. The molecule has 41 heavy (non-hydrogen) atoms. The van der Waals surface area contributed by atoms with E-state index >= 15 is 0 Å². The third-order valence-corrected chi connectivity index (χ3v) is 8.13. The van der Waals surface area contributed by atoms with E-state index in [2.05, 4.69) is 61.4 Å². The number of carbonyl (C=O) groups excluding carboxylic acids is 1. The highest BCUT2D eigenvalue weighted by Gasteiger charge is 2.20. The number of para-hydroxylation sites is 1. The number of nitrogens with one attached hydrogen (secondary N) is 2. The zero-order valence-electron chi connectivity index (χ0n) is 22.3. The van der Waals surface area contributed by atoms with Gasteiger partial charge in [0.2, 0.25) is 0 Å². The Morgan fingerprint density at radius 3 is 2.02 bits per heavy atom. The van der Waals surface area contributed by atoms with E-state index in [0.29, 0.717) is 24.9 Å². The van der Waals surface area contributed by atoms with Crippen molar-refractivity contribution in [3.05, 3.63) is 153 Å². The number of benzene rings is 5. The smallest absolute Gasteiger partial charge is 0.251 e. The van der Waals surface area contributed by atoms with Crippen LogP contribution in [0.2, 0.25) is 0 Å². The third-order valence-electron chi connectivity index (χ3n) is 6.82. The first kappa shape index (κ1) is 28.8. The highest BCUT2D eigenvalue weighted by molar-refractivity contribution is 9.11. The lowest BCUT2D eigenvalue weighted by Crippen LogP contribution is -2.26. The lowest BCUT2D eigenvalue weighted by molar-refractivity contribution is 0.0954. The molecule has 5 aromatic carbocycles. The lowest BCUT2D eigenvalue weighted by atomic mass is 9.92. The molecule has 5 aromatic rings. The minimum atomic E-state index is -0.519. The predicted octanol–water partition coefficient (Wildman–Crippen LogP) is 9.21. The van der Waals surface area contributed by atoms with E-state index in [1.54, 1.807) is 12.1 Å². The fraction of sp³-hybridized carbons (Fsp3) is 0.114. The molecule has 1 radical (unpaired) electrons. The molecule has 0 aromatic heterocycles. The van der Waals surface area contributed by atoms with Gasteiger partial charge in [0, 0.05) is 21.1 Å². The van der Waals surface area contributed by atoms with Crippen molar-refractivity contribution < 1.29 is 9.53 Å². The Balaban J connectivity index is 1.19. The monoisotopic (exact) mass is 667 g/mol. The number of ether oxygens (including phenoxy) is 1. The van der Waals surface area contributed by atoms with Gasteiger partial charge in [0.1, 0.15) is 11.5 Å². The van der Waals surface area contributed by atoms with Crippen LogP contribution in [0.4, 0.5) is 0 Å². The molecule has 205 valence electrons. The average molecular weight is 669 g/mol. The molecule has 0 aliphatic carbocycles. The first-order valence-corrected chi connectivity index (χ1v) is 15.0. The first-order chi connectivity index (χ1) is 20.0. The van der Waals surface area contributed by atoms with Crippen LogP contribution in [0.5, 0.6) is 11.5 Å². The summed E-state index contributed by atoms with van der Waals surface area (Å²) >= 11 is 7.27. The summed E-state index contributed by atoms with van der Waals surface area (Å²) in [6.45, 7) is 0.506. The van der Waals surface area contributed by atoms with Crippen LogP contribution >= 0.6 is 31.9 Å². The van der Waals surface area contributed by atoms with Gasteiger partial charge in [-0.25, -0.2) is 5.73 Å². The van der Waals surface area contributed by atoms with Crippen molar-refractivity contribution in [2.45, 2.75) is 18.9 Å². The molecule has 5 rings (SSSR count). The number of amides is 1. The molecule has 0 bridgehead atoms. The van der Waals surface area contributed by atoms with Gasteiger partial charge >= 0.3 is 0 Å². The molecule has 4 nitrogen and oxygen atoms in total. The summed E-state index contributed by atoms with van der Waals surface area (Å²) in [4.78, 5) is 13.0. The summed E-state index contributed by atoms with van der Waals surface area (Å²) in [5.74, 6) is 1.41. The molecule has 0 fully saturated rings. The Bertz CT molecular complexity index is 1580. The van der Waals surface area contributed by atoms with E-state index in [-0.39, 0.29) is 5.91 Å². The van der Waals surface area contributed by atoms with Gasteiger partial charge in [0.25, 0.3) is 5.91 Å². The maximum atomic E-state index is 13.0. The van der Waals surface area contributed by atoms with E-state index in [4.69, 9.17) is 10.5 Å². The number of hydrogen-bond acceptors (Lipinski definition) is 2. The van der Waals surface area contributed by atoms with Crippen molar-refractivity contribution in [3.8, 4) is 22.6 Å². The quantitative estimate of drug-likeness (QED) is 0.161. The molecule has 2 N–H and O–H groups in total. The van der Waals surface area contributed by atoms with Crippen LogP contribution in [-0.2, 0) is 12.8 Å². The Kier molecular flexibility index (Phi) is 9.67. The minimum Gasteiger partial charge on any atom is -0.457 e. The first-order valence-electron chi connectivity index (χ1n) is 13.4. The van der Waals surface area contributed by atoms with Crippen LogP contribution in [0.25, 0.3) is 11.1 Å². The summed E-state index contributed by atoms with van der Waals surface area (Å²) in [6, 6.07) is 39.1. The number of hydrogen-bond donors (Lipinski definition) is 1. The average Bonchev–Trinajstić information content (AvgIpc) is 2.99. The Hall–Kier alpha value is -3.71. The minimum absolute atomic E-state index is 0.155. The second-order valence-electron chi connectivity index (χ2n) is 9.70. The highest BCUT2D eigenvalue weighted by atomic mass is 79.9. The highest BCUT2D eigenvalue weighted by Crippen LogP contribution is 2.35. The summed E-state index contributed by atoms with van der Waals surface area (Å²) < 4.78 is 7.33. The van der Waals surface area contributed by atoms with Crippen LogP contribution in [0.1, 0.15) is 33.1 Å². The zero-order valence-corrected chi connectivity index (χ0v) is 25.5. The predicted molar refractivity (Wildman–Crippen MR) is 172 cm³/mol. The number of halogens is 2. The molecule has 1 unspecified atom stereocenters. The molecule has 0 aliphatic heterocycles. The molecule has 0 spiro atoms. The summed E-state index contributed by atoms with van der Waals surface area (Å²) in [5.41, 5.74) is 14.8. The lowest BCUT2D eigenvalue weighted by Gasteiger charge is -2.18. The fourth-order valence-electron chi connectivity index (χ4n) is 4.74. The van der Waals surface area contributed by atoms with Crippen LogP contribution in [0.3, 0.4) is 0 Å². The van der Waals surface area contributed by atoms with E-state index in [1.165, 1.54) is 0 Å². The van der Waals surface area contributed by atoms with Crippen LogP contribution in [0.15, 0.2) is 130 Å². The fourth-order valence-corrected chi connectivity index (χ4v) is 6.48. The van der Waals surface area contributed by atoms with Crippen molar-refractivity contribution in [3.63, 3.8) is 0 Å². The molecule has 1 atom stereocenters. The number of carbonyl (C=O) groups is 1. The molecule has 0 saturated carbocycles. The molecule has 0 heterocycles. The molecular weight excluding hydrogens is 640 g/mol. The second kappa shape index (κ2) is 13.8. The van der Waals surface area contributed by atoms with Crippen molar-refractivity contribution in [2.24, 2.45) is 0 Å². The Morgan fingerprint density at radius 1 is 0.756 bits per heavy atom. The van der Waals surface area contributed by atoms with E-state index in [1.807, 2.05) is 84.9 Å². The second-order valence-corrected chi connectivity index (χ2v) is 11.4. The van der Waals surface area contributed by atoms with Gasteiger partial charge in [-0.2, -0.15) is 0 Å². The van der Waals surface area contributed by atoms with E-state index in [9.17, 15) is 4.79 Å².